The molecule has 2 nitrogen and oxygen atoms in total. The van der Waals surface area contributed by atoms with Gasteiger partial charge in [0.1, 0.15) is 0 Å². The van der Waals surface area contributed by atoms with Crippen LogP contribution in [0.25, 0.3) is 0 Å². The molecule has 0 radical (unpaired) electrons. The van der Waals surface area contributed by atoms with Gasteiger partial charge in [-0.2, -0.15) is 5.26 Å². The van der Waals surface area contributed by atoms with E-state index in [1.165, 1.54) is 5.56 Å². The molecule has 0 bridgehead atoms. The third-order valence-electron chi connectivity index (χ3n) is 2.42. The summed E-state index contributed by atoms with van der Waals surface area (Å²) in [4.78, 5) is 0. The second kappa shape index (κ2) is 4.26. The van der Waals surface area contributed by atoms with Crippen molar-refractivity contribution in [2.75, 3.05) is 0 Å². The second-order valence-corrected chi connectivity index (χ2v) is 3.74. The molecule has 1 aromatic carbocycles. The number of aryl methyl sites for hydroxylation is 1. The zero-order chi connectivity index (χ0) is 10.7. The van der Waals surface area contributed by atoms with Gasteiger partial charge in [0.2, 0.25) is 0 Å². The Morgan fingerprint density at radius 3 is 2.57 bits per heavy atom. The summed E-state index contributed by atoms with van der Waals surface area (Å²) in [6.45, 7) is 5.77. The van der Waals surface area contributed by atoms with Crippen molar-refractivity contribution >= 4 is 0 Å². The summed E-state index contributed by atoms with van der Waals surface area (Å²) >= 11 is 0. The minimum absolute atomic E-state index is 0.359. The summed E-state index contributed by atoms with van der Waals surface area (Å²) in [5.41, 5.74) is 4.02. The molecule has 14 heavy (non-hydrogen) atoms. The van der Waals surface area contributed by atoms with Crippen LogP contribution in [0.2, 0.25) is 0 Å². The fraction of sp³-hybridized carbons (Fsp3) is 0.417. The van der Waals surface area contributed by atoms with E-state index in [0.717, 1.165) is 11.1 Å². The number of rotatable bonds is 2. The first-order chi connectivity index (χ1) is 6.54. The van der Waals surface area contributed by atoms with Crippen molar-refractivity contribution in [1.82, 2.24) is 0 Å². The number of benzene rings is 1. The minimum atomic E-state index is -0.359. The lowest BCUT2D eigenvalue weighted by molar-refractivity contribution is 0.195. The first kappa shape index (κ1) is 10.7. The smallest absolute Gasteiger partial charge is 0.0991 e. The lowest BCUT2D eigenvalue weighted by Crippen LogP contribution is -2.06. The number of aliphatic hydroxyl groups is 1. The molecule has 1 atom stereocenters. The molecule has 0 fully saturated rings. The predicted octanol–water partition coefficient (Wildman–Crippen LogP) is 2.10. The quantitative estimate of drug-likeness (QED) is 0.774. The van der Waals surface area contributed by atoms with Crippen molar-refractivity contribution in [3.05, 3.63) is 34.4 Å². The van der Waals surface area contributed by atoms with Crippen molar-refractivity contribution in [1.29, 1.82) is 5.26 Å². The van der Waals surface area contributed by atoms with E-state index in [0.29, 0.717) is 12.0 Å². The van der Waals surface area contributed by atoms with E-state index in [1.807, 2.05) is 26.0 Å². The van der Waals surface area contributed by atoms with Crippen LogP contribution in [0.3, 0.4) is 0 Å². The van der Waals surface area contributed by atoms with Crippen LogP contribution in [0.4, 0.5) is 0 Å². The lowest BCUT2D eigenvalue weighted by Gasteiger charge is -2.10. The van der Waals surface area contributed by atoms with Gasteiger partial charge in [-0.1, -0.05) is 0 Å². The molecule has 2 heteroatoms. The Kier molecular flexibility index (Phi) is 3.27. The molecule has 0 heterocycles. The van der Waals surface area contributed by atoms with Crippen molar-refractivity contribution in [2.45, 2.75) is 33.3 Å². The van der Waals surface area contributed by atoms with Gasteiger partial charge in [-0.25, -0.2) is 0 Å². The topological polar surface area (TPSA) is 44.0 Å². The third-order valence-corrected chi connectivity index (χ3v) is 2.42. The normalized spacial score (nSPS) is 12.2. The maximum absolute atomic E-state index is 9.30. The first-order valence-electron chi connectivity index (χ1n) is 4.73. The molecule has 0 aromatic heterocycles. The predicted molar refractivity (Wildman–Crippen MR) is 56.0 cm³/mol. The summed E-state index contributed by atoms with van der Waals surface area (Å²) in [5, 5.41) is 18.1. The van der Waals surface area contributed by atoms with Gasteiger partial charge in [-0.05, 0) is 56.0 Å². The van der Waals surface area contributed by atoms with E-state index in [-0.39, 0.29) is 6.10 Å². The van der Waals surface area contributed by atoms with Crippen LogP contribution < -0.4 is 0 Å². The first-order valence-corrected chi connectivity index (χ1v) is 4.73. The van der Waals surface area contributed by atoms with Crippen LogP contribution in [-0.4, -0.2) is 11.2 Å². The Morgan fingerprint density at radius 1 is 1.43 bits per heavy atom. The molecule has 0 aliphatic carbocycles. The van der Waals surface area contributed by atoms with Gasteiger partial charge >= 0.3 is 0 Å². The van der Waals surface area contributed by atoms with Crippen LogP contribution in [0.15, 0.2) is 12.1 Å². The Morgan fingerprint density at radius 2 is 2.07 bits per heavy atom. The van der Waals surface area contributed by atoms with Gasteiger partial charge in [0.15, 0.2) is 0 Å². The highest BCUT2D eigenvalue weighted by Crippen LogP contribution is 2.17. The van der Waals surface area contributed by atoms with E-state index in [9.17, 15) is 5.11 Å². The lowest BCUT2D eigenvalue weighted by atomic mass is 9.96. The zero-order valence-corrected chi connectivity index (χ0v) is 8.83. The van der Waals surface area contributed by atoms with Crippen LogP contribution in [-0.2, 0) is 6.42 Å². The van der Waals surface area contributed by atoms with Crippen molar-refractivity contribution in [2.24, 2.45) is 0 Å². The monoisotopic (exact) mass is 189 g/mol. The Hall–Kier alpha value is -1.33. The summed E-state index contributed by atoms with van der Waals surface area (Å²) < 4.78 is 0. The fourth-order valence-electron chi connectivity index (χ4n) is 1.53. The maximum atomic E-state index is 9.30. The van der Waals surface area contributed by atoms with E-state index < -0.39 is 0 Å². The standard InChI is InChI=1S/C12H15NO/c1-8-4-11(7-13)6-12(10(8)3)5-9(2)14/h4,6,9,14H,5H2,1-3H3. The van der Waals surface area contributed by atoms with Crippen LogP contribution in [0.1, 0.15) is 29.2 Å². The van der Waals surface area contributed by atoms with E-state index >= 15 is 0 Å². The second-order valence-electron chi connectivity index (χ2n) is 3.74. The molecule has 1 N–H and O–H groups in total. The Balaban J connectivity index is 3.15. The number of nitriles is 1. The van der Waals surface area contributed by atoms with Gasteiger partial charge < -0.3 is 5.11 Å². The highest BCUT2D eigenvalue weighted by atomic mass is 16.3. The van der Waals surface area contributed by atoms with Crippen molar-refractivity contribution < 1.29 is 5.11 Å². The Labute approximate surface area is 84.8 Å². The summed E-state index contributed by atoms with van der Waals surface area (Å²) in [5.74, 6) is 0. The van der Waals surface area contributed by atoms with Gasteiger partial charge in [0.05, 0.1) is 17.7 Å². The Bertz CT molecular complexity index is 375. The van der Waals surface area contributed by atoms with Gasteiger partial charge in [0, 0.05) is 0 Å². The third kappa shape index (κ3) is 2.34. The average molecular weight is 189 g/mol. The highest BCUT2D eigenvalue weighted by molar-refractivity contribution is 5.42. The van der Waals surface area contributed by atoms with E-state index in [4.69, 9.17) is 5.26 Å². The minimum Gasteiger partial charge on any atom is -0.393 e. The highest BCUT2D eigenvalue weighted by Gasteiger charge is 2.06. The maximum Gasteiger partial charge on any atom is 0.0991 e. The summed E-state index contributed by atoms with van der Waals surface area (Å²) in [7, 11) is 0. The summed E-state index contributed by atoms with van der Waals surface area (Å²) in [6.07, 6.45) is 0.254. The van der Waals surface area contributed by atoms with E-state index in [1.54, 1.807) is 6.92 Å². The molecule has 0 amide bonds. The molecule has 0 saturated carbocycles. The largest absolute Gasteiger partial charge is 0.393 e. The van der Waals surface area contributed by atoms with Gasteiger partial charge in [-0.3, -0.25) is 0 Å². The fourth-order valence-corrected chi connectivity index (χ4v) is 1.53. The SMILES string of the molecule is Cc1cc(C#N)cc(CC(C)O)c1C. The van der Waals surface area contributed by atoms with Gasteiger partial charge in [-0.15, -0.1) is 0 Å². The van der Waals surface area contributed by atoms with Gasteiger partial charge in [0.25, 0.3) is 0 Å². The molecule has 0 aliphatic heterocycles. The van der Waals surface area contributed by atoms with Crippen molar-refractivity contribution in [3.63, 3.8) is 0 Å². The van der Waals surface area contributed by atoms with Crippen LogP contribution in [0.5, 0.6) is 0 Å². The number of hydrogen-bond acceptors (Lipinski definition) is 2. The molecule has 1 rings (SSSR count). The molecule has 74 valence electrons. The molecular formula is C12H15NO. The zero-order valence-electron chi connectivity index (χ0n) is 8.83. The molecule has 1 aromatic rings. The molecule has 1 unspecified atom stereocenters. The van der Waals surface area contributed by atoms with Crippen LogP contribution >= 0.6 is 0 Å². The number of hydrogen-bond donors (Lipinski definition) is 1. The summed E-state index contributed by atoms with van der Waals surface area (Å²) in [6, 6.07) is 5.86. The number of aliphatic hydroxyl groups excluding tert-OH is 1. The molecule has 0 saturated heterocycles. The molecule has 0 spiro atoms. The van der Waals surface area contributed by atoms with E-state index in [2.05, 4.69) is 6.07 Å². The molecular weight excluding hydrogens is 174 g/mol. The average Bonchev–Trinajstić information content (AvgIpc) is 2.11. The van der Waals surface area contributed by atoms with Crippen molar-refractivity contribution in [3.8, 4) is 6.07 Å². The number of nitrogens with zero attached hydrogens (tertiary/aromatic N) is 1. The van der Waals surface area contributed by atoms with Crippen LogP contribution in [0, 0.1) is 25.2 Å². The molecule has 0 aliphatic rings.